The van der Waals surface area contributed by atoms with E-state index in [0.717, 1.165) is 17.7 Å². The highest BCUT2D eigenvalue weighted by molar-refractivity contribution is 9.10. The molecule has 168 valence electrons. The van der Waals surface area contributed by atoms with Crippen LogP contribution >= 0.6 is 27.5 Å². The zero-order valence-corrected chi connectivity index (χ0v) is 19.8. The number of carbonyl (C=O) groups is 3. The summed E-state index contributed by atoms with van der Waals surface area (Å²) in [6.07, 6.45) is 2.92. The monoisotopic (exact) mass is 532 g/mol. The van der Waals surface area contributed by atoms with Crippen molar-refractivity contribution in [3.63, 3.8) is 0 Å². The number of urea groups is 1. The number of benzene rings is 1. The van der Waals surface area contributed by atoms with Crippen LogP contribution in [0.5, 0.6) is 0 Å². The Kier molecular flexibility index (Phi) is 6.06. The highest BCUT2D eigenvalue weighted by Gasteiger charge is 2.53. The Bertz CT molecular complexity index is 1040. The molecule has 0 unspecified atom stereocenters. The first-order valence-electron chi connectivity index (χ1n) is 10.0. The molecule has 1 aromatic rings. The Morgan fingerprint density at radius 2 is 1.77 bits per heavy atom. The van der Waals surface area contributed by atoms with E-state index in [0.29, 0.717) is 17.3 Å². The van der Waals surface area contributed by atoms with Gasteiger partial charge < -0.3 is 10.2 Å². The molecule has 1 N–H and O–H groups in total. The van der Waals surface area contributed by atoms with Crippen molar-refractivity contribution in [3.05, 3.63) is 27.7 Å². The summed E-state index contributed by atoms with van der Waals surface area (Å²) >= 11 is 9.36. The number of imide groups is 1. The van der Waals surface area contributed by atoms with Crippen LogP contribution < -0.4 is 5.32 Å². The van der Waals surface area contributed by atoms with Crippen LogP contribution in [0.15, 0.2) is 27.6 Å². The Labute approximate surface area is 193 Å². The molecular formula is C19H22BrClN4O5S. The fourth-order valence-corrected chi connectivity index (χ4v) is 6.81. The van der Waals surface area contributed by atoms with Crippen LogP contribution in [0.2, 0.25) is 5.02 Å². The van der Waals surface area contributed by atoms with Gasteiger partial charge in [0.05, 0.1) is 5.02 Å². The predicted octanol–water partition coefficient (Wildman–Crippen LogP) is 1.80. The smallest absolute Gasteiger partial charge is 0.325 e. The molecule has 9 nitrogen and oxygen atoms in total. The van der Waals surface area contributed by atoms with Crippen molar-refractivity contribution in [1.82, 2.24) is 19.4 Å². The minimum absolute atomic E-state index is 0.0124. The van der Waals surface area contributed by atoms with Crippen LogP contribution in [0.25, 0.3) is 0 Å². The van der Waals surface area contributed by atoms with Crippen molar-refractivity contribution < 1.29 is 22.8 Å². The van der Waals surface area contributed by atoms with Gasteiger partial charge in [0, 0.05) is 30.7 Å². The van der Waals surface area contributed by atoms with Crippen LogP contribution in [-0.2, 0) is 19.6 Å². The van der Waals surface area contributed by atoms with Crippen molar-refractivity contribution in [2.75, 3.05) is 32.7 Å². The lowest BCUT2D eigenvalue weighted by atomic mass is 9.98. The summed E-state index contributed by atoms with van der Waals surface area (Å²) in [5.74, 6) is -0.716. The van der Waals surface area contributed by atoms with Crippen molar-refractivity contribution in [1.29, 1.82) is 0 Å². The maximum atomic E-state index is 12.9. The number of hydrogen-bond donors (Lipinski definition) is 1. The summed E-state index contributed by atoms with van der Waals surface area (Å²) in [6, 6.07) is 4.03. The first-order chi connectivity index (χ1) is 14.6. The highest BCUT2D eigenvalue weighted by atomic mass is 79.9. The number of rotatable bonds is 4. The summed E-state index contributed by atoms with van der Waals surface area (Å²) in [6.45, 7) is 0.203. The minimum Gasteiger partial charge on any atom is -0.338 e. The van der Waals surface area contributed by atoms with E-state index in [2.05, 4.69) is 21.2 Å². The highest BCUT2D eigenvalue weighted by Crippen LogP contribution is 2.35. The summed E-state index contributed by atoms with van der Waals surface area (Å²) in [5, 5.41) is 2.87. The maximum absolute atomic E-state index is 12.9. The third kappa shape index (κ3) is 4.08. The quantitative estimate of drug-likeness (QED) is 0.594. The number of sulfonamides is 1. The van der Waals surface area contributed by atoms with Gasteiger partial charge in [0.1, 0.15) is 17.0 Å². The molecule has 4 rings (SSSR count). The molecule has 1 spiro atoms. The van der Waals surface area contributed by atoms with Gasteiger partial charge in [-0.3, -0.25) is 14.5 Å². The van der Waals surface area contributed by atoms with Crippen molar-refractivity contribution in [2.45, 2.75) is 36.1 Å². The van der Waals surface area contributed by atoms with E-state index in [4.69, 9.17) is 11.6 Å². The molecule has 31 heavy (non-hydrogen) atoms. The lowest BCUT2D eigenvalue weighted by Gasteiger charge is -2.34. The van der Waals surface area contributed by atoms with Gasteiger partial charge in [-0.2, -0.15) is 4.31 Å². The number of nitrogens with zero attached hydrogens (tertiary/aromatic N) is 3. The fourth-order valence-electron chi connectivity index (χ4n) is 4.37. The van der Waals surface area contributed by atoms with Gasteiger partial charge in [0.25, 0.3) is 5.91 Å². The molecule has 2 aliphatic heterocycles. The summed E-state index contributed by atoms with van der Waals surface area (Å²) in [5.41, 5.74) is -0.853. The second kappa shape index (κ2) is 8.34. The molecule has 3 fully saturated rings. The van der Waals surface area contributed by atoms with Crippen LogP contribution in [0.3, 0.4) is 0 Å². The number of halogens is 2. The molecule has 0 atom stereocenters. The van der Waals surface area contributed by atoms with E-state index in [9.17, 15) is 22.8 Å². The van der Waals surface area contributed by atoms with Gasteiger partial charge in [-0.25, -0.2) is 13.2 Å². The second-order valence-corrected chi connectivity index (χ2v) is 11.2. The third-order valence-electron chi connectivity index (χ3n) is 6.10. The number of piperazine rings is 1. The molecule has 0 bridgehead atoms. The topological polar surface area (TPSA) is 107 Å². The number of amides is 4. The molecular weight excluding hydrogens is 512 g/mol. The molecule has 1 aliphatic carbocycles. The zero-order valence-electron chi connectivity index (χ0n) is 16.6. The molecule has 3 aliphatic rings. The molecule has 2 heterocycles. The zero-order chi connectivity index (χ0) is 22.4. The Morgan fingerprint density at radius 3 is 2.39 bits per heavy atom. The Balaban J connectivity index is 1.38. The van der Waals surface area contributed by atoms with Gasteiger partial charge in [0.15, 0.2) is 0 Å². The first-order valence-corrected chi connectivity index (χ1v) is 12.6. The molecule has 4 amide bonds. The van der Waals surface area contributed by atoms with Crippen molar-refractivity contribution in [3.8, 4) is 0 Å². The first kappa shape index (κ1) is 22.5. The summed E-state index contributed by atoms with van der Waals surface area (Å²) in [4.78, 5) is 40.2. The molecule has 1 aromatic carbocycles. The van der Waals surface area contributed by atoms with Crippen LogP contribution in [0.1, 0.15) is 25.7 Å². The van der Waals surface area contributed by atoms with Crippen LogP contribution in [0, 0.1) is 0 Å². The molecule has 1 saturated carbocycles. The van der Waals surface area contributed by atoms with Gasteiger partial charge in [-0.15, -0.1) is 0 Å². The summed E-state index contributed by atoms with van der Waals surface area (Å²) < 4.78 is 27.8. The number of nitrogens with one attached hydrogen (secondary N) is 1. The van der Waals surface area contributed by atoms with Crippen molar-refractivity contribution in [2.24, 2.45) is 0 Å². The average molecular weight is 534 g/mol. The molecule has 0 aromatic heterocycles. The Morgan fingerprint density at radius 1 is 1.13 bits per heavy atom. The van der Waals surface area contributed by atoms with Crippen LogP contribution in [-0.4, -0.2) is 78.6 Å². The lowest BCUT2D eigenvalue weighted by molar-refractivity contribution is -0.139. The van der Waals surface area contributed by atoms with E-state index in [1.165, 1.54) is 21.3 Å². The third-order valence-corrected chi connectivity index (χ3v) is 8.97. The van der Waals surface area contributed by atoms with Gasteiger partial charge in [-0.05, 0) is 31.0 Å². The van der Waals surface area contributed by atoms with E-state index < -0.39 is 21.6 Å². The van der Waals surface area contributed by atoms with Crippen LogP contribution in [0.4, 0.5) is 4.79 Å². The maximum Gasteiger partial charge on any atom is 0.325 e. The second-order valence-electron chi connectivity index (χ2n) is 7.97. The number of hydrogen-bond acceptors (Lipinski definition) is 5. The fraction of sp³-hybridized carbons (Fsp3) is 0.526. The van der Waals surface area contributed by atoms with E-state index >= 15 is 0 Å². The predicted molar refractivity (Wildman–Crippen MR) is 116 cm³/mol. The molecule has 0 radical (unpaired) electrons. The van der Waals surface area contributed by atoms with Gasteiger partial charge in [0.2, 0.25) is 15.9 Å². The van der Waals surface area contributed by atoms with E-state index in [1.807, 2.05) is 0 Å². The summed E-state index contributed by atoms with van der Waals surface area (Å²) in [7, 11) is -3.80. The minimum atomic E-state index is -3.80. The largest absolute Gasteiger partial charge is 0.338 e. The molecule has 2 saturated heterocycles. The normalized spacial score (nSPS) is 21.7. The van der Waals surface area contributed by atoms with E-state index in [1.54, 1.807) is 6.07 Å². The van der Waals surface area contributed by atoms with E-state index in [-0.39, 0.29) is 54.5 Å². The Hall–Kier alpha value is -1.69. The van der Waals surface area contributed by atoms with Gasteiger partial charge >= 0.3 is 6.03 Å². The lowest BCUT2D eigenvalue weighted by Crippen LogP contribution is -2.53. The van der Waals surface area contributed by atoms with Crippen molar-refractivity contribution >= 4 is 55.4 Å². The number of carbonyl (C=O) groups excluding carboxylic acids is 3. The average Bonchev–Trinajstić information content (AvgIpc) is 3.28. The standard InChI is InChI=1S/C19H22BrClN4O5S/c20-13-3-4-15(14(21)11-13)31(29,30)24-9-7-23(8-10-24)16(26)12-25-17(27)19(22-18(25)28)5-1-2-6-19/h3-4,11H,1-2,5-10,12H2,(H,22,28). The SMILES string of the molecule is O=C(CN1C(=O)NC2(CCCC2)C1=O)N1CCN(S(=O)(=O)c2ccc(Br)cc2Cl)CC1. The van der Waals surface area contributed by atoms with Gasteiger partial charge in [-0.1, -0.05) is 40.4 Å². The molecule has 12 heteroatoms.